The van der Waals surface area contributed by atoms with Crippen LogP contribution in [0, 0.1) is 11.6 Å². The third-order valence-electron chi connectivity index (χ3n) is 3.35. The predicted octanol–water partition coefficient (Wildman–Crippen LogP) is 2.98. The first-order chi connectivity index (χ1) is 11.0. The number of hydrogen-bond donors (Lipinski definition) is 1. The van der Waals surface area contributed by atoms with Crippen LogP contribution in [0.1, 0.15) is 17.2 Å². The summed E-state index contributed by atoms with van der Waals surface area (Å²) in [6, 6.07) is 9.04. The Bertz CT molecular complexity index is 691. The lowest BCUT2D eigenvalue weighted by Crippen LogP contribution is -2.30. The van der Waals surface area contributed by atoms with Gasteiger partial charge in [0.2, 0.25) is 0 Å². The second-order valence-corrected chi connectivity index (χ2v) is 4.85. The quantitative estimate of drug-likeness (QED) is 0.831. The minimum Gasteiger partial charge on any atom is -0.497 e. The molecule has 0 amide bonds. The van der Waals surface area contributed by atoms with Crippen LogP contribution >= 0.6 is 0 Å². The molecule has 0 saturated carbocycles. The van der Waals surface area contributed by atoms with Crippen LogP contribution in [0.25, 0.3) is 0 Å². The zero-order valence-corrected chi connectivity index (χ0v) is 12.8. The highest BCUT2D eigenvalue weighted by molar-refractivity contribution is 5.77. The standard InChI is InChI=1S/C17H17F2NO3/c1-22-13-5-3-4-11(8-13)10-20-16(17(21)23-2)14-9-12(18)6-7-15(14)19/h3-9,16,20H,10H2,1-2H3/t16-/m0/s1. The summed E-state index contributed by atoms with van der Waals surface area (Å²) in [6.07, 6.45) is 0. The van der Waals surface area contributed by atoms with Crippen LogP contribution in [0.3, 0.4) is 0 Å². The van der Waals surface area contributed by atoms with Gasteiger partial charge in [0.25, 0.3) is 0 Å². The highest BCUT2D eigenvalue weighted by atomic mass is 19.1. The molecule has 0 bridgehead atoms. The van der Waals surface area contributed by atoms with Crippen LogP contribution in [0.5, 0.6) is 5.75 Å². The van der Waals surface area contributed by atoms with Crippen molar-refractivity contribution in [3.8, 4) is 5.75 Å². The Labute approximate surface area is 133 Å². The van der Waals surface area contributed by atoms with Crippen LogP contribution in [0.2, 0.25) is 0 Å². The maximum Gasteiger partial charge on any atom is 0.327 e. The van der Waals surface area contributed by atoms with Gasteiger partial charge in [-0.1, -0.05) is 12.1 Å². The molecule has 6 heteroatoms. The van der Waals surface area contributed by atoms with E-state index in [1.54, 1.807) is 25.3 Å². The van der Waals surface area contributed by atoms with Gasteiger partial charge < -0.3 is 9.47 Å². The zero-order valence-electron chi connectivity index (χ0n) is 12.8. The molecular weight excluding hydrogens is 304 g/mol. The van der Waals surface area contributed by atoms with E-state index in [0.29, 0.717) is 5.75 Å². The molecule has 0 aliphatic heterocycles. The molecule has 0 saturated heterocycles. The van der Waals surface area contributed by atoms with E-state index >= 15 is 0 Å². The molecular formula is C17H17F2NO3. The summed E-state index contributed by atoms with van der Waals surface area (Å²) >= 11 is 0. The minimum atomic E-state index is -1.11. The largest absolute Gasteiger partial charge is 0.497 e. The number of esters is 1. The first-order valence-electron chi connectivity index (χ1n) is 6.94. The summed E-state index contributed by atoms with van der Waals surface area (Å²) in [4.78, 5) is 11.9. The summed E-state index contributed by atoms with van der Waals surface area (Å²) in [7, 11) is 2.74. The van der Waals surface area contributed by atoms with Crippen molar-refractivity contribution < 1.29 is 23.0 Å². The topological polar surface area (TPSA) is 47.6 Å². The first-order valence-corrected chi connectivity index (χ1v) is 6.94. The van der Waals surface area contributed by atoms with Crippen molar-refractivity contribution in [2.75, 3.05) is 14.2 Å². The number of carbonyl (C=O) groups is 1. The minimum absolute atomic E-state index is 0.0975. The van der Waals surface area contributed by atoms with Gasteiger partial charge in [-0.05, 0) is 35.9 Å². The molecule has 0 unspecified atom stereocenters. The summed E-state index contributed by atoms with van der Waals surface area (Å²) in [5.41, 5.74) is 0.731. The molecule has 1 N–H and O–H groups in total. The van der Waals surface area contributed by atoms with Crippen LogP contribution in [-0.2, 0) is 16.1 Å². The lowest BCUT2D eigenvalue weighted by molar-refractivity contribution is -0.143. The monoisotopic (exact) mass is 321 g/mol. The molecule has 0 aliphatic rings. The molecule has 0 aromatic heterocycles. The predicted molar refractivity (Wildman–Crippen MR) is 80.9 cm³/mol. The number of rotatable bonds is 6. The first kappa shape index (κ1) is 16.9. The lowest BCUT2D eigenvalue weighted by atomic mass is 10.1. The highest BCUT2D eigenvalue weighted by Gasteiger charge is 2.24. The third-order valence-corrected chi connectivity index (χ3v) is 3.35. The Kier molecular flexibility index (Phi) is 5.65. The molecule has 0 aliphatic carbocycles. The Morgan fingerprint density at radius 1 is 1.17 bits per heavy atom. The maximum atomic E-state index is 13.9. The van der Waals surface area contributed by atoms with E-state index in [1.165, 1.54) is 7.11 Å². The van der Waals surface area contributed by atoms with Gasteiger partial charge in [-0.3, -0.25) is 5.32 Å². The lowest BCUT2D eigenvalue weighted by Gasteiger charge is -2.18. The van der Waals surface area contributed by atoms with Crippen LogP contribution < -0.4 is 10.1 Å². The average molecular weight is 321 g/mol. The fourth-order valence-corrected chi connectivity index (χ4v) is 2.18. The molecule has 0 heterocycles. The molecule has 4 nitrogen and oxygen atoms in total. The number of methoxy groups -OCH3 is 2. The van der Waals surface area contributed by atoms with E-state index < -0.39 is 23.6 Å². The number of benzene rings is 2. The van der Waals surface area contributed by atoms with Crippen LogP contribution in [0.4, 0.5) is 8.78 Å². The summed E-state index contributed by atoms with van der Waals surface area (Å²) in [6.45, 7) is 0.257. The van der Waals surface area contributed by atoms with Gasteiger partial charge in [-0.25, -0.2) is 13.6 Å². The zero-order chi connectivity index (χ0) is 16.8. The maximum absolute atomic E-state index is 13.9. The number of hydrogen-bond acceptors (Lipinski definition) is 4. The summed E-state index contributed by atoms with van der Waals surface area (Å²) in [5, 5.41) is 2.89. The van der Waals surface area contributed by atoms with Crippen molar-refractivity contribution in [2.45, 2.75) is 12.6 Å². The fraction of sp³-hybridized carbons (Fsp3) is 0.235. The number of halogens is 2. The second-order valence-electron chi connectivity index (χ2n) is 4.85. The van der Waals surface area contributed by atoms with Crippen LogP contribution in [0.15, 0.2) is 42.5 Å². The second kappa shape index (κ2) is 7.69. The number of ether oxygens (including phenoxy) is 2. The molecule has 2 rings (SSSR count). The van der Waals surface area contributed by atoms with Gasteiger partial charge in [0, 0.05) is 12.1 Å². The van der Waals surface area contributed by atoms with Crippen molar-refractivity contribution in [3.63, 3.8) is 0 Å². The van der Waals surface area contributed by atoms with E-state index in [1.807, 2.05) is 6.07 Å². The number of nitrogens with one attached hydrogen (secondary N) is 1. The van der Waals surface area contributed by atoms with E-state index in [9.17, 15) is 13.6 Å². The van der Waals surface area contributed by atoms with Gasteiger partial charge in [-0.2, -0.15) is 0 Å². The molecule has 122 valence electrons. The Hall–Kier alpha value is -2.47. The van der Waals surface area contributed by atoms with E-state index in [4.69, 9.17) is 4.74 Å². The fourth-order valence-electron chi connectivity index (χ4n) is 2.18. The number of carbonyl (C=O) groups excluding carboxylic acids is 1. The van der Waals surface area contributed by atoms with Crippen molar-refractivity contribution in [2.24, 2.45) is 0 Å². The van der Waals surface area contributed by atoms with Crippen molar-refractivity contribution >= 4 is 5.97 Å². The van der Waals surface area contributed by atoms with Crippen LogP contribution in [-0.4, -0.2) is 20.2 Å². The van der Waals surface area contributed by atoms with E-state index in [-0.39, 0.29) is 12.1 Å². The molecule has 0 spiro atoms. The molecule has 0 radical (unpaired) electrons. The third kappa shape index (κ3) is 4.26. The van der Waals surface area contributed by atoms with E-state index in [0.717, 1.165) is 23.8 Å². The Morgan fingerprint density at radius 3 is 2.65 bits per heavy atom. The smallest absolute Gasteiger partial charge is 0.327 e. The highest BCUT2D eigenvalue weighted by Crippen LogP contribution is 2.21. The average Bonchev–Trinajstić information content (AvgIpc) is 2.57. The van der Waals surface area contributed by atoms with Crippen molar-refractivity contribution in [1.29, 1.82) is 0 Å². The Morgan fingerprint density at radius 2 is 1.96 bits per heavy atom. The van der Waals surface area contributed by atoms with Gasteiger partial charge in [0.15, 0.2) is 0 Å². The molecule has 2 aromatic rings. The Balaban J connectivity index is 2.22. The molecule has 0 fully saturated rings. The van der Waals surface area contributed by atoms with Crippen molar-refractivity contribution in [3.05, 3.63) is 65.2 Å². The normalized spacial score (nSPS) is 11.8. The summed E-state index contributed by atoms with van der Waals surface area (Å²) in [5.74, 6) is -1.34. The SMILES string of the molecule is COC(=O)[C@@H](NCc1cccc(OC)c1)c1cc(F)ccc1F. The molecule has 2 aromatic carbocycles. The molecule has 1 atom stereocenters. The van der Waals surface area contributed by atoms with Crippen molar-refractivity contribution in [1.82, 2.24) is 5.32 Å². The van der Waals surface area contributed by atoms with Gasteiger partial charge >= 0.3 is 5.97 Å². The summed E-state index contributed by atoms with van der Waals surface area (Å²) < 4.78 is 37.1. The van der Waals surface area contributed by atoms with Gasteiger partial charge in [0.05, 0.1) is 14.2 Å². The molecule has 23 heavy (non-hydrogen) atoms. The van der Waals surface area contributed by atoms with Gasteiger partial charge in [-0.15, -0.1) is 0 Å². The van der Waals surface area contributed by atoms with Gasteiger partial charge in [0.1, 0.15) is 23.4 Å². The van der Waals surface area contributed by atoms with E-state index in [2.05, 4.69) is 10.1 Å².